The lowest BCUT2D eigenvalue weighted by Gasteiger charge is -2.15. The van der Waals surface area contributed by atoms with Gasteiger partial charge < -0.3 is 20.5 Å². The van der Waals surface area contributed by atoms with Crippen LogP contribution in [0.25, 0.3) is 0 Å². The molecule has 0 aliphatic carbocycles. The van der Waals surface area contributed by atoms with E-state index in [1.165, 1.54) is 0 Å². The zero-order valence-electron chi connectivity index (χ0n) is 14.1. The molecule has 2 rings (SSSR count). The summed E-state index contributed by atoms with van der Waals surface area (Å²) in [7, 11) is 0. The fraction of sp³-hybridized carbons (Fsp3) is 0.611. The van der Waals surface area contributed by atoms with E-state index in [2.05, 4.69) is 19.2 Å². The first-order chi connectivity index (χ1) is 11.1. The van der Waals surface area contributed by atoms with Gasteiger partial charge in [0.05, 0.1) is 12.7 Å². The number of carbonyl (C=O) groups is 1. The molecule has 5 nitrogen and oxygen atoms in total. The Morgan fingerprint density at radius 2 is 2.17 bits per heavy atom. The van der Waals surface area contributed by atoms with E-state index in [1.54, 1.807) is 0 Å². The molecular formula is C18H28N2O3. The molecular weight excluding hydrogens is 292 g/mol. The van der Waals surface area contributed by atoms with Gasteiger partial charge in [0.2, 0.25) is 5.91 Å². The van der Waals surface area contributed by atoms with E-state index in [0.717, 1.165) is 30.6 Å². The Morgan fingerprint density at radius 3 is 2.87 bits per heavy atom. The van der Waals surface area contributed by atoms with Crippen molar-refractivity contribution in [3.05, 3.63) is 29.8 Å². The van der Waals surface area contributed by atoms with Crippen molar-refractivity contribution in [2.75, 3.05) is 13.2 Å². The molecule has 1 fully saturated rings. The van der Waals surface area contributed by atoms with Crippen molar-refractivity contribution in [1.29, 1.82) is 0 Å². The molecule has 1 aromatic carbocycles. The average Bonchev–Trinajstić information content (AvgIpc) is 3.02. The molecule has 1 aromatic rings. The van der Waals surface area contributed by atoms with Crippen LogP contribution in [0.5, 0.6) is 5.75 Å². The summed E-state index contributed by atoms with van der Waals surface area (Å²) in [5.74, 6) is 1.37. The second kappa shape index (κ2) is 8.89. The minimum Gasteiger partial charge on any atom is -0.493 e. The van der Waals surface area contributed by atoms with Crippen molar-refractivity contribution in [1.82, 2.24) is 5.32 Å². The molecule has 1 aliphatic heterocycles. The molecule has 1 saturated heterocycles. The molecule has 1 heterocycles. The Labute approximate surface area is 138 Å². The van der Waals surface area contributed by atoms with Gasteiger partial charge >= 0.3 is 0 Å². The van der Waals surface area contributed by atoms with Gasteiger partial charge in [0, 0.05) is 18.7 Å². The van der Waals surface area contributed by atoms with Crippen molar-refractivity contribution in [2.45, 2.75) is 51.9 Å². The van der Waals surface area contributed by atoms with Crippen LogP contribution in [-0.2, 0) is 16.1 Å². The molecule has 5 heteroatoms. The zero-order chi connectivity index (χ0) is 16.7. The van der Waals surface area contributed by atoms with Crippen LogP contribution in [0.4, 0.5) is 0 Å². The van der Waals surface area contributed by atoms with Crippen molar-refractivity contribution in [3.63, 3.8) is 0 Å². The van der Waals surface area contributed by atoms with E-state index in [9.17, 15) is 4.79 Å². The Morgan fingerprint density at radius 1 is 1.39 bits per heavy atom. The minimum atomic E-state index is -0.377. The molecule has 0 unspecified atom stereocenters. The number of para-hydroxylation sites is 1. The largest absolute Gasteiger partial charge is 0.493 e. The molecule has 3 N–H and O–H groups in total. The van der Waals surface area contributed by atoms with Gasteiger partial charge in [-0.3, -0.25) is 4.79 Å². The number of carbonyl (C=O) groups excluding carboxylic acids is 1. The predicted molar refractivity (Wildman–Crippen MR) is 90.2 cm³/mol. The van der Waals surface area contributed by atoms with Crippen LogP contribution in [0.3, 0.4) is 0 Å². The highest BCUT2D eigenvalue weighted by molar-refractivity contribution is 5.81. The Balaban J connectivity index is 1.84. The second-order valence-corrected chi connectivity index (χ2v) is 6.42. The van der Waals surface area contributed by atoms with Gasteiger partial charge in [0.25, 0.3) is 0 Å². The van der Waals surface area contributed by atoms with Crippen molar-refractivity contribution < 1.29 is 14.3 Å². The topological polar surface area (TPSA) is 73.6 Å². The maximum atomic E-state index is 12.2. The van der Waals surface area contributed by atoms with Gasteiger partial charge in [-0.05, 0) is 31.2 Å². The maximum Gasteiger partial charge on any atom is 0.249 e. The SMILES string of the molecule is CC(C)CCOc1ccccc1CNC(=O)[C@@H]1CC[C@H](CN)O1. The van der Waals surface area contributed by atoms with Gasteiger partial charge in [-0.1, -0.05) is 32.0 Å². The molecule has 1 amide bonds. The van der Waals surface area contributed by atoms with Crippen LogP contribution >= 0.6 is 0 Å². The van der Waals surface area contributed by atoms with E-state index in [1.807, 2.05) is 24.3 Å². The fourth-order valence-electron chi connectivity index (χ4n) is 2.56. The van der Waals surface area contributed by atoms with E-state index < -0.39 is 0 Å². The number of rotatable bonds is 8. The number of hydrogen-bond acceptors (Lipinski definition) is 4. The Bertz CT molecular complexity index is 505. The molecule has 1 aliphatic rings. The lowest BCUT2D eigenvalue weighted by atomic mass is 10.1. The van der Waals surface area contributed by atoms with E-state index >= 15 is 0 Å². The Hall–Kier alpha value is -1.59. The predicted octanol–water partition coefficient (Wildman–Crippen LogP) is 2.23. The van der Waals surface area contributed by atoms with Crippen LogP contribution in [0.15, 0.2) is 24.3 Å². The summed E-state index contributed by atoms with van der Waals surface area (Å²) >= 11 is 0. The van der Waals surface area contributed by atoms with Crippen molar-refractivity contribution in [3.8, 4) is 5.75 Å². The molecule has 23 heavy (non-hydrogen) atoms. The quantitative estimate of drug-likeness (QED) is 0.770. The summed E-state index contributed by atoms with van der Waals surface area (Å²) in [6.45, 7) is 5.95. The summed E-state index contributed by atoms with van der Waals surface area (Å²) in [5.41, 5.74) is 6.56. The monoisotopic (exact) mass is 320 g/mol. The van der Waals surface area contributed by atoms with Crippen LogP contribution in [0.2, 0.25) is 0 Å². The van der Waals surface area contributed by atoms with Gasteiger partial charge in [-0.25, -0.2) is 0 Å². The lowest BCUT2D eigenvalue weighted by Crippen LogP contribution is -2.35. The highest BCUT2D eigenvalue weighted by Gasteiger charge is 2.29. The van der Waals surface area contributed by atoms with Crippen LogP contribution in [0.1, 0.15) is 38.7 Å². The highest BCUT2D eigenvalue weighted by atomic mass is 16.5. The third-order valence-corrected chi connectivity index (χ3v) is 4.04. The van der Waals surface area contributed by atoms with E-state index in [-0.39, 0.29) is 18.1 Å². The highest BCUT2D eigenvalue weighted by Crippen LogP contribution is 2.21. The fourth-order valence-corrected chi connectivity index (χ4v) is 2.56. The Kier molecular flexibility index (Phi) is 6.86. The maximum absolute atomic E-state index is 12.2. The molecule has 0 saturated carbocycles. The zero-order valence-corrected chi connectivity index (χ0v) is 14.1. The average molecular weight is 320 g/mol. The first kappa shape index (κ1) is 17.8. The summed E-state index contributed by atoms with van der Waals surface area (Å²) in [4.78, 5) is 12.2. The number of hydrogen-bond donors (Lipinski definition) is 2. The standard InChI is InChI=1S/C18H28N2O3/c1-13(2)9-10-22-16-6-4-3-5-14(16)12-20-18(21)17-8-7-15(11-19)23-17/h3-6,13,15,17H,7-12,19H2,1-2H3,(H,20,21)/t15-,17+/m1/s1. The van der Waals surface area contributed by atoms with Crippen molar-refractivity contribution in [2.24, 2.45) is 11.7 Å². The minimum absolute atomic E-state index is 0.0115. The van der Waals surface area contributed by atoms with Gasteiger partial charge in [0.15, 0.2) is 0 Å². The molecule has 0 bridgehead atoms. The van der Waals surface area contributed by atoms with Gasteiger partial charge in [-0.2, -0.15) is 0 Å². The molecule has 128 valence electrons. The van der Waals surface area contributed by atoms with Gasteiger partial charge in [-0.15, -0.1) is 0 Å². The van der Waals surface area contributed by atoms with E-state index in [0.29, 0.717) is 25.6 Å². The van der Waals surface area contributed by atoms with E-state index in [4.69, 9.17) is 15.2 Å². The molecule has 0 spiro atoms. The number of nitrogens with two attached hydrogens (primary N) is 1. The number of nitrogens with one attached hydrogen (secondary N) is 1. The smallest absolute Gasteiger partial charge is 0.249 e. The molecule has 2 atom stereocenters. The summed E-state index contributed by atoms with van der Waals surface area (Å²) < 4.78 is 11.5. The van der Waals surface area contributed by atoms with Crippen LogP contribution in [0, 0.1) is 5.92 Å². The number of ether oxygens (including phenoxy) is 2. The molecule has 0 radical (unpaired) electrons. The van der Waals surface area contributed by atoms with Crippen LogP contribution in [-0.4, -0.2) is 31.3 Å². The summed E-state index contributed by atoms with van der Waals surface area (Å²) in [5, 5.41) is 2.94. The summed E-state index contributed by atoms with van der Waals surface area (Å²) in [6, 6.07) is 7.82. The lowest BCUT2D eigenvalue weighted by molar-refractivity contribution is -0.132. The third-order valence-electron chi connectivity index (χ3n) is 4.04. The second-order valence-electron chi connectivity index (χ2n) is 6.42. The number of amides is 1. The first-order valence-electron chi connectivity index (χ1n) is 8.44. The van der Waals surface area contributed by atoms with Gasteiger partial charge in [0.1, 0.15) is 11.9 Å². The molecule has 0 aromatic heterocycles. The number of benzene rings is 1. The normalized spacial score (nSPS) is 20.7. The third kappa shape index (κ3) is 5.52. The summed E-state index contributed by atoms with van der Waals surface area (Å²) in [6.07, 6.45) is 2.23. The van der Waals surface area contributed by atoms with Crippen molar-refractivity contribution >= 4 is 5.91 Å². The van der Waals surface area contributed by atoms with Crippen LogP contribution < -0.4 is 15.8 Å². The first-order valence-corrected chi connectivity index (χ1v) is 8.44.